The predicted octanol–water partition coefficient (Wildman–Crippen LogP) is 3.28. The standard InChI is InChI=1S/C23H28N4O4/c1-6-30-11-10-24-22(28)20-12-18(19-13-25-27(5)15(19)4)16-8-7-9-17(21(16)26-20)23(29)31-14(2)3/h7-9,12-14H,6,10-11H2,1-5H3,(H,24,28). The monoisotopic (exact) mass is 424 g/mol. The number of amides is 1. The molecule has 1 aromatic carbocycles. The molecule has 1 amide bonds. The molecule has 2 heterocycles. The zero-order valence-electron chi connectivity index (χ0n) is 18.6. The van der Waals surface area contributed by atoms with Crippen LogP contribution in [0.2, 0.25) is 0 Å². The summed E-state index contributed by atoms with van der Waals surface area (Å²) in [4.78, 5) is 30.1. The van der Waals surface area contributed by atoms with E-state index in [9.17, 15) is 9.59 Å². The summed E-state index contributed by atoms with van der Waals surface area (Å²) in [5.41, 5.74) is 3.54. The number of pyridine rings is 1. The van der Waals surface area contributed by atoms with Crippen molar-refractivity contribution in [3.63, 3.8) is 0 Å². The summed E-state index contributed by atoms with van der Waals surface area (Å²) >= 11 is 0. The lowest BCUT2D eigenvalue weighted by Gasteiger charge is -2.14. The Balaban J connectivity index is 2.15. The van der Waals surface area contributed by atoms with Gasteiger partial charge in [-0.1, -0.05) is 12.1 Å². The summed E-state index contributed by atoms with van der Waals surface area (Å²) in [6.07, 6.45) is 1.48. The number of ether oxygens (including phenoxy) is 2. The summed E-state index contributed by atoms with van der Waals surface area (Å²) in [6.45, 7) is 8.79. The molecule has 164 valence electrons. The quantitative estimate of drug-likeness (QED) is 0.440. The minimum atomic E-state index is -0.476. The molecule has 0 saturated carbocycles. The van der Waals surface area contributed by atoms with Crippen molar-refractivity contribution in [3.05, 3.63) is 47.4 Å². The van der Waals surface area contributed by atoms with E-state index in [0.29, 0.717) is 30.8 Å². The maximum absolute atomic E-state index is 12.8. The van der Waals surface area contributed by atoms with Gasteiger partial charge in [0, 0.05) is 36.8 Å². The first-order valence-corrected chi connectivity index (χ1v) is 10.3. The second kappa shape index (κ2) is 9.70. The number of carbonyl (C=O) groups excluding carboxylic acids is 2. The summed E-state index contributed by atoms with van der Waals surface area (Å²) in [5.74, 6) is -0.813. The third-order valence-corrected chi connectivity index (χ3v) is 4.90. The fourth-order valence-electron chi connectivity index (χ4n) is 3.26. The first kappa shape index (κ1) is 22.4. The number of para-hydroxylation sites is 1. The molecule has 0 aliphatic carbocycles. The van der Waals surface area contributed by atoms with Gasteiger partial charge in [0.05, 0.1) is 30.0 Å². The van der Waals surface area contributed by atoms with Crippen molar-refractivity contribution in [1.29, 1.82) is 0 Å². The predicted molar refractivity (Wildman–Crippen MR) is 118 cm³/mol. The van der Waals surface area contributed by atoms with Crippen LogP contribution in [-0.4, -0.2) is 52.5 Å². The summed E-state index contributed by atoms with van der Waals surface area (Å²) in [6, 6.07) is 7.07. The summed E-state index contributed by atoms with van der Waals surface area (Å²) < 4.78 is 12.4. The lowest BCUT2D eigenvalue weighted by atomic mass is 9.98. The Bertz CT molecular complexity index is 1100. The van der Waals surface area contributed by atoms with E-state index in [4.69, 9.17) is 9.47 Å². The van der Waals surface area contributed by atoms with Gasteiger partial charge in [0.15, 0.2) is 0 Å². The van der Waals surface area contributed by atoms with Gasteiger partial charge in [0.25, 0.3) is 5.91 Å². The van der Waals surface area contributed by atoms with Crippen molar-refractivity contribution in [3.8, 4) is 11.1 Å². The van der Waals surface area contributed by atoms with Crippen molar-refractivity contribution < 1.29 is 19.1 Å². The summed E-state index contributed by atoms with van der Waals surface area (Å²) in [5, 5.41) is 7.89. The van der Waals surface area contributed by atoms with Crippen LogP contribution in [0.5, 0.6) is 0 Å². The molecule has 0 aliphatic rings. The van der Waals surface area contributed by atoms with Gasteiger partial charge in [-0.3, -0.25) is 9.48 Å². The van der Waals surface area contributed by atoms with Crippen LogP contribution >= 0.6 is 0 Å². The molecule has 3 aromatic rings. The number of benzene rings is 1. The molecule has 8 nitrogen and oxygen atoms in total. The first-order valence-electron chi connectivity index (χ1n) is 10.3. The fraction of sp³-hybridized carbons (Fsp3) is 0.391. The molecule has 0 saturated heterocycles. The van der Waals surface area contributed by atoms with Gasteiger partial charge in [-0.2, -0.15) is 5.10 Å². The van der Waals surface area contributed by atoms with E-state index < -0.39 is 5.97 Å². The number of rotatable bonds is 8. The molecular weight excluding hydrogens is 396 g/mol. The van der Waals surface area contributed by atoms with Gasteiger partial charge >= 0.3 is 5.97 Å². The zero-order valence-corrected chi connectivity index (χ0v) is 18.6. The van der Waals surface area contributed by atoms with Crippen molar-refractivity contribution >= 4 is 22.8 Å². The van der Waals surface area contributed by atoms with Crippen molar-refractivity contribution in [2.24, 2.45) is 7.05 Å². The number of hydrogen-bond acceptors (Lipinski definition) is 6. The van der Waals surface area contributed by atoms with Gasteiger partial charge < -0.3 is 14.8 Å². The third-order valence-electron chi connectivity index (χ3n) is 4.90. The van der Waals surface area contributed by atoms with Crippen LogP contribution in [0.1, 0.15) is 47.3 Å². The van der Waals surface area contributed by atoms with Gasteiger partial charge in [-0.25, -0.2) is 9.78 Å². The second-order valence-electron chi connectivity index (χ2n) is 7.43. The van der Waals surface area contributed by atoms with Crippen molar-refractivity contribution in [2.75, 3.05) is 19.8 Å². The van der Waals surface area contributed by atoms with Crippen LogP contribution in [0.25, 0.3) is 22.0 Å². The van der Waals surface area contributed by atoms with E-state index in [2.05, 4.69) is 15.4 Å². The van der Waals surface area contributed by atoms with Gasteiger partial charge in [0.2, 0.25) is 0 Å². The zero-order chi connectivity index (χ0) is 22.5. The highest BCUT2D eigenvalue weighted by Crippen LogP contribution is 2.32. The molecule has 2 aromatic heterocycles. The fourth-order valence-corrected chi connectivity index (χ4v) is 3.26. The van der Waals surface area contributed by atoms with Crippen molar-refractivity contribution in [2.45, 2.75) is 33.8 Å². The van der Waals surface area contributed by atoms with E-state index in [0.717, 1.165) is 22.2 Å². The highest BCUT2D eigenvalue weighted by molar-refractivity contribution is 6.09. The van der Waals surface area contributed by atoms with Crippen LogP contribution in [0.15, 0.2) is 30.5 Å². The molecule has 3 rings (SSSR count). The van der Waals surface area contributed by atoms with Crippen molar-refractivity contribution in [1.82, 2.24) is 20.1 Å². The molecule has 8 heteroatoms. The number of esters is 1. The van der Waals surface area contributed by atoms with E-state index >= 15 is 0 Å². The van der Waals surface area contributed by atoms with E-state index in [1.807, 2.05) is 27.0 Å². The van der Waals surface area contributed by atoms with Crippen LogP contribution in [0.4, 0.5) is 0 Å². The molecule has 0 radical (unpaired) electrons. The SMILES string of the molecule is CCOCCNC(=O)c1cc(-c2cnn(C)c2C)c2cccc(C(=O)OC(C)C)c2n1. The Hall–Kier alpha value is -3.26. The lowest BCUT2D eigenvalue weighted by molar-refractivity contribution is 0.0380. The van der Waals surface area contributed by atoms with E-state index in [-0.39, 0.29) is 17.7 Å². The highest BCUT2D eigenvalue weighted by atomic mass is 16.5. The topological polar surface area (TPSA) is 95.3 Å². The molecule has 0 aliphatic heterocycles. The molecule has 0 bridgehead atoms. The number of nitrogens with one attached hydrogen (secondary N) is 1. The molecule has 0 fully saturated rings. The number of aryl methyl sites for hydroxylation is 1. The molecular formula is C23H28N4O4. The van der Waals surface area contributed by atoms with E-state index in [1.54, 1.807) is 42.9 Å². The average molecular weight is 425 g/mol. The molecule has 0 atom stereocenters. The van der Waals surface area contributed by atoms with E-state index in [1.165, 1.54) is 0 Å². The molecule has 1 N–H and O–H groups in total. The minimum absolute atomic E-state index is 0.215. The van der Waals surface area contributed by atoms with Gasteiger partial charge in [-0.15, -0.1) is 0 Å². The van der Waals surface area contributed by atoms with Gasteiger partial charge in [0.1, 0.15) is 5.69 Å². The Morgan fingerprint density at radius 2 is 2.00 bits per heavy atom. The maximum atomic E-state index is 12.8. The molecule has 31 heavy (non-hydrogen) atoms. The Kier molecular flexibility index (Phi) is 7.02. The Morgan fingerprint density at radius 3 is 2.65 bits per heavy atom. The van der Waals surface area contributed by atoms with Gasteiger partial charge in [-0.05, 0) is 45.4 Å². The number of carbonyl (C=O) groups is 2. The van der Waals surface area contributed by atoms with Crippen LogP contribution in [0, 0.1) is 6.92 Å². The third kappa shape index (κ3) is 4.91. The minimum Gasteiger partial charge on any atom is -0.459 e. The van der Waals surface area contributed by atoms with Crippen LogP contribution in [0.3, 0.4) is 0 Å². The maximum Gasteiger partial charge on any atom is 0.340 e. The smallest absolute Gasteiger partial charge is 0.340 e. The normalized spacial score (nSPS) is 11.2. The number of fused-ring (bicyclic) bond motifs is 1. The molecule has 0 unspecified atom stereocenters. The molecule has 0 spiro atoms. The largest absolute Gasteiger partial charge is 0.459 e. The number of hydrogen-bond donors (Lipinski definition) is 1. The highest BCUT2D eigenvalue weighted by Gasteiger charge is 2.21. The number of nitrogens with zero attached hydrogens (tertiary/aromatic N) is 3. The Labute approximate surface area is 181 Å². The summed E-state index contributed by atoms with van der Waals surface area (Å²) in [7, 11) is 1.86. The first-order chi connectivity index (χ1) is 14.8. The lowest BCUT2D eigenvalue weighted by Crippen LogP contribution is -2.28. The second-order valence-corrected chi connectivity index (χ2v) is 7.43. The average Bonchev–Trinajstić information content (AvgIpc) is 3.07. The number of aromatic nitrogens is 3. The Morgan fingerprint density at radius 1 is 1.23 bits per heavy atom. The van der Waals surface area contributed by atoms with Crippen LogP contribution < -0.4 is 5.32 Å². The van der Waals surface area contributed by atoms with Crippen LogP contribution in [-0.2, 0) is 16.5 Å².